The molecule has 29 heavy (non-hydrogen) atoms. The van der Waals surface area contributed by atoms with Crippen LogP contribution in [-0.2, 0) is 16.8 Å². The van der Waals surface area contributed by atoms with Crippen LogP contribution in [0.4, 0.5) is 11.4 Å². The molecule has 1 unspecified atom stereocenters. The van der Waals surface area contributed by atoms with Crippen LogP contribution in [0.25, 0.3) is 10.8 Å². The molecule has 5 nitrogen and oxygen atoms in total. The number of anilines is 2. The smallest absolute Gasteiger partial charge is 0.256 e. The first-order chi connectivity index (χ1) is 13.7. The van der Waals surface area contributed by atoms with Crippen LogP contribution in [-0.4, -0.2) is 23.8 Å². The minimum Gasteiger partial charge on any atom is -0.593 e. The zero-order valence-corrected chi connectivity index (χ0v) is 18.1. The largest absolute Gasteiger partial charge is 0.593 e. The van der Waals surface area contributed by atoms with Crippen molar-refractivity contribution in [3.63, 3.8) is 0 Å². The van der Waals surface area contributed by atoms with Gasteiger partial charge in [0.2, 0.25) is 0 Å². The van der Waals surface area contributed by atoms with E-state index >= 15 is 0 Å². The zero-order valence-electron chi connectivity index (χ0n) is 17.3. The molecule has 3 rings (SSSR count). The number of benzene rings is 3. The molecule has 0 radical (unpaired) electrons. The normalized spacial score (nSPS) is 12.5. The topological polar surface area (TPSA) is 73.4 Å². The molecule has 3 aromatic carbocycles. The van der Waals surface area contributed by atoms with Gasteiger partial charge in [0, 0.05) is 5.56 Å². The third kappa shape index (κ3) is 4.66. The molecule has 0 aliphatic carbocycles. The molecule has 0 heterocycles. The van der Waals surface area contributed by atoms with Gasteiger partial charge in [0.05, 0.1) is 24.2 Å². The zero-order chi connectivity index (χ0) is 21.2. The molecule has 0 bridgehead atoms. The molecule has 0 spiro atoms. The molecule has 0 fully saturated rings. The van der Waals surface area contributed by atoms with Crippen LogP contribution in [0.15, 0.2) is 54.6 Å². The Hall–Kier alpha value is -2.70. The van der Waals surface area contributed by atoms with Crippen molar-refractivity contribution in [3.05, 3.63) is 65.7 Å². The molecule has 3 aromatic rings. The molecule has 0 saturated carbocycles. The Morgan fingerprint density at radius 2 is 1.69 bits per heavy atom. The van der Waals surface area contributed by atoms with Gasteiger partial charge in [0.15, 0.2) is 5.75 Å². The fourth-order valence-corrected chi connectivity index (χ4v) is 3.68. The second-order valence-electron chi connectivity index (χ2n) is 7.89. The molecule has 0 aliphatic heterocycles. The molecular formula is C23H26N2O3S. The Bertz CT molecular complexity index is 1040. The van der Waals surface area contributed by atoms with Crippen LogP contribution in [0.5, 0.6) is 5.75 Å². The average Bonchev–Trinajstić information content (AvgIpc) is 2.66. The number of ether oxygens (including phenoxy) is 1. The molecule has 1 amide bonds. The number of hydrogen-bond acceptors (Lipinski definition) is 4. The van der Waals surface area contributed by atoms with E-state index in [0.717, 1.165) is 16.3 Å². The van der Waals surface area contributed by atoms with Crippen molar-refractivity contribution in [1.82, 2.24) is 0 Å². The highest BCUT2D eigenvalue weighted by Gasteiger charge is 2.22. The third-order valence-corrected chi connectivity index (χ3v) is 5.20. The van der Waals surface area contributed by atoms with Crippen LogP contribution >= 0.6 is 0 Å². The fourth-order valence-electron chi connectivity index (χ4n) is 3.22. The maximum atomic E-state index is 13.1. The van der Waals surface area contributed by atoms with Crippen LogP contribution < -0.4 is 14.8 Å². The Kier molecular flexibility index (Phi) is 6.05. The first-order valence-corrected chi connectivity index (χ1v) is 10.9. The van der Waals surface area contributed by atoms with Crippen LogP contribution in [0, 0.1) is 0 Å². The van der Waals surface area contributed by atoms with E-state index in [1.54, 1.807) is 12.3 Å². The number of fused-ring (bicyclic) bond motifs is 1. The summed E-state index contributed by atoms with van der Waals surface area (Å²) in [6, 6.07) is 17.2. The molecule has 1 atom stereocenters. The molecule has 6 heteroatoms. The molecule has 0 saturated heterocycles. The number of carbonyl (C=O) groups excluding carboxylic acids is 1. The van der Waals surface area contributed by atoms with Gasteiger partial charge in [0.25, 0.3) is 5.91 Å². The van der Waals surface area contributed by atoms with Crippen molar-refractivity contribution in [3.8, 4) is 5.75 Å². The van der Waals surface area contributed by atoms with Gasteiger partial charge in [-0.2, -0.15) is 0 Å². The van der Waals surface area contributed by atoms with Crippen molar-refractivity contribution in [2.75, 3.05) is 23.4 Å². The molecule has 0 aliphatic rings. The Balaban J connectivity index is 2.08. The lowest BCUT2D eigenvalue weighted by molar-refractivity contribution is 0.102. The van der Waals surface area contributed by atoms with Crippen LogP contribution in [0.1, 0.15) is 36.7 Å². The lowest BCUT2D eigenvalue weighted by Crippen LogP contribution is -2.18. The van der Waals surface area contributed by atoms with Crippen molar-refractivity contribution < 1.29 is 14.1 Å². The molecule has 152 valence electrons. The first kappa shape index (κ1) is 21.0. The van der Waals surface area contributed by atoms with Gasteiger partial charge >= 0.3 is 0 Å². The number of carbonyl (C=O) groups is 1. The first-order valence-electron chi connectivity index (χ1n) is 9.32. The van der Waals surface area contributed by atoms with E-state index in [1.165, 1.54) is 7.11 Å². The maximum Gasteiger partial charge on any atom is 0.256 e. The number of nitrogens with one attached hydrogen (secondary N) is 2. The van der Waals surface area contributed by atoms with Gasteiger partial charge in [-0.15, -0.1) is 0 Å². The summed E-state index contributed by atoms with van der Waals surface area (Å²) in [6.45, 7) is 6.24. The van der Waals surface area contributed by atoms with Gasteiger partial charge in [-0.25, -0.2) is 4.72 Å². The van der Waals surface area contributed by atoms with Gasteiger partial charge in [-0.1, -0.05) is 57.2 Å². The van der Waals surface area contributed by atoms with Crippen LogP contribution in [0.2, 0.25) is 0 Å². The summed E-state index contributed by atoms with van der Waals surface area (Å²) in [5.41, 5.74) is 2.51. The van der Waals surface area contributed by atoms with Gasteiger partial charge in [-0.05, 0) is 39.9 Å². The standard InChI is InChI=1S/C23H26N2O3S/c1-23(2,3)16-13-19(21(28-4)20(14-16)25-29(5)27)24-22(26)18-12-8-10-15-9-6-7-11-17(15)18/h6-14,25H,1-5H3,(H,24,26). The summed E-state index contributed by atoms with van der Waals surface area (Å²) >= 11 is -1.28. The van der Waals surface area contributed by atoms with E-state index in [4.69, 9.17) is 4.74 Å². The maximum absolute atomic E-state index is 13.1. The van der Waals surface area contributed by atoms with E-state index in [-0.39, 0.29) is 11.3 Å². The number of hydrogen-bond donors (Lipinski definition) is 2. The second-order valence-corrected chi connectivity index (χ2v) is 9.00. The van der Waals surface area contributed by atoms with Gasteiger partial charge in [-0.3, -0.25) is 4.79 Å². The highest BCUT2D eigenvalue weighted by Crippen LogP contribution is 2.39. The third-order valence-electron chi connectivity index (χ3n) is 4.70. The highest BCUT2D eigenvalue weighted by atomic mass is 32.2. The average molecular weight is 411 g/mol. The number of rotatable bonds is 5. The van der Waals surface area contributed by atoms with E-state index in [2.05, 4.69) is 30.8 Å². The lowest BCUT2D eigenvalue weighted by atomic mass is 9.86. The SMILES string of the molecule is COc1c(NC(=O)c2cccc3ccccc23)cc(C(C)(C)C)cc1N[S+](C)[O-]. The van der Waals surface area contributed by atoms with E-state index in [9.17, 15) is 9.35 Å². The minimum atomic E-state index is -1.28. The summed E-state index contributed by atoms with van der Waals surface area (Å²) in [7, 11) is 1.53. The minimum absolute atomic E-state index is 0.170. The van der Waals surface area contributed by atoms with Crippen LogP contribution in [0.3, 0.4) is 0 Å². The van der Waals surface area contributed by atoms with E-state index in [0.29, 0.717) is 22.7 Å². The summed E-state index contributed by atoms with van der Waals surface area (Å²) < 4.78 is 20.3. The molecular weight excluding hydrogens is 384 g/mol. The quantitative estimate of drug-likeness (QED) is 0.574. The molecule has 0 aromatic heterocycles. The van der Waals surface area contributed by atoms with Gasteiger partial charge in [0.1, 0.15) is 11.9 Å². The summed E-state index contributed by atoms with van der Waals surface area (Å²) in [4.78, 5) is 13.1. The number of methoxy groups -OCH3 is 1. The second kappa shape index (κ2) is 8.35. The van der Waals surface area contributed by atoms with E-state index in [1.807, 2.05) is 48.5 Å². The monoisotopic (exact) mass is 410 g/mol. The van der Waals surface area contributed by atoms with Crippen molar-refractivity contribution >= 4 is 39.4 Å². The lowest BCUT2D eigenvalue weighted by Gasteiger charge is -2.24. The fraction of sp³-hybridized carbons (Fsp3) is 0.261. The summed E-state index contributed by atoms with van der Waals surface area (Å²) in [6.07, 6.45) is 1.55. The Morgan fingerprint density at radius 1 is 1.03 bits per heavy atom. The van der Waals surface area contributed by atoms with Crippen molar-refractivity contribution in [2.45, 2.75) is 26.2 Å². The predicted octanol–water partition coefficient (Wildman–Crippen LogP) is 5.10. The Labute approximate surface area is 174 Å². The van der Waals surface area contributed by atoms with Crippen molar-refractivity contribution in [1.29, 1.82) is 0 Å². The van der Waals surface area contributed by atoms with Crippen molar-refractivity contribution in [2.24, 2.45) is 0 Å². The number of amides is 1. The summed E-state index contributed by atoms with van der Waals surface area (Å²) in [5.74, 6) is 0.219. The van der Waals surface area contributed by atoms with Gasteiger partial charge < -0.3 is 14.6 Å². The molecule has 2 N–H and O–H groups in total. The summed E-state index contributed by atoms with van der Waals surface area (Å²) in [5, 5.41) is 4.87. The predicted molar refractivity (Wildman–Crippen MR) is 121 cm³/mol. The highest BCUT2D eigenvalue weighted by molar-refractivity contribution is 7.92. The Morgan fingerprint density at radius 3 is 2.34 bits per heavy atom. The van der Waals surface area contributed by atoms with E-state index < -0.39 is 11.4 Å².